The molecule has 0 spiro atoms. The maximum absolute atomic E-state index is 13.5. The molecule has 19 heavy (non-hydrogen) atoms. The van der Waals surface area contributed by atoms with Crippen LogP contribution in [0.2, 0.25) is 0 Å². The number of amides is 1. The monoisotopic (exact) mass is 266 g/mol. The predicted octanol–water partition coefficient (Wildman–Crippen LogP) is 1.52. The van der Waals surface area contributed by atoms with E-state index < -0.39 is 11.6 Å². The topological polar surface area (TPSA) is 51.0 Å². The fourth-order valence-corrected chi connectivity index (χ4v) is 1.54. The van der Waals surface area contributed by atoms with Crippen LogP contribution >= 0.6 is 0 Å². The molecular formula is C12H12F2N4O. The largest absolute Gasteiger partial charge is 0.340 e. The van der Waals surface area contributed by atoms with E-state index in [4.69, 9.17) is 0 Å². The summed E-state index contributed by atoms with van der Waals surface area (Å²) in [6, 6.07) is 3.55. The van der Waals surface area contributed by atoms with Crippen LogP contribution in [-0.4, -0.2) is 32.8 Å². The number of hydrogen-bond donors (Lipinski definition) is 0. The van der Waals surface area contributed by atoms with Crippen LogP contribution in [0.1, 0.15) is 12.6 Å². The van der Waals surface area contributed by atoms with Gasteiger partial charge in [0.05, 0.1) is 12.7 Å². The molecule has 0 aliphatic carbocycles. The van der Waals surface area contributed by atoms with Crippen LogP contribution in [0.15, 0.2) is 24.4 Å². The highest BCUT2D eigenvalue weighted by molar-refractivity contribution is 5.72. The van der Waals surface area contributed by atoms with Crippen molar-refractivity contribution < 1.29 is 13.6 Å². The van der Waals surface area contributed by atoms with Gasteiger partial charge in [0, 0.05) is 14.0 Å². The zero-order valence-electron chi connectivity index (χ0n) is 10.5. The molecule has 0 saturated carbocycles. The second-order valence-electron chi connectivity index (χ2n) is 4.10. The Hall–Kier alpha value is -2.31. The van der Waals surface area contributed by atoms with Crippen molar-refractivity contribution in [3.63, 3.8) is 0 Å². The van der Waals surface area contributed by atoms with Crippen molar-refractivity contribution in [2.45, 2.75) is 13.5 Å². The number of nitrogens with zero attached hydrogens (tertiary/aromatic N) is 4. The minimum Gasteiger partial charge on any atom is -0.340 e. The first-order valence-corrected chi connectivity index (χ1v) is 5.56. The minimum atomic E-state index is -0.726. The summed E-state index contributed by atoms with van der Waals surface area (Å²) in [4.78, 5) is 12.5. The maximum Gasteiger partial charge on any atom is 0.219 e. The van der Waals surface area contributed by atoms with E-state index in [0.717, 1.165) is 16.8 Å². The van der Waals surface area contributed by atoms with E-state index in [-0.39, 0.29) is 18.1 Å². The second kappa shape index (κ2) is 5.13. The summed E-state index contributed by atoms with van der Waals surface area (Å²) in [5.41, 5.74) is 0.159. The van der Waals surface area contributed by atoms with Gasteiger partial charge >= 0.3 is 0 Å². The Morgan fingerprint density at radius 3 is 2.58 bits per heavy atom. The molecule has 2 rings (SSSR count). The quantitative estimate of drug-likeness (QED) is 0.846. The number of para-hydroxylation sites is 1. The number of rotatable bonds is 3. The van der Waals surface area contributed by atoms with Gasteiger partial charge < -0.3 is 4.90 Å². The summed E-state index contributed by atoms with van der Waals surface area (Å²) >= 11 is 0. The average Bonchev–Trinajstić information content (AvgIpc) is 2.77. The fraction of sp³-hybridized carbons (Fsp3) is 0.250. The lowest BCUT2D eigenvalue weighted by atomic mass is 10.3. The third kappa shape index (κ3) is 2.75. The summed E-state index contributed by atoms with van der Waals surface area (Å²) < 4.78 is 28.1. The molecule has 0 aliphatic heterocycles. The van der Waals surface area contributed by atoms with E-state index in [1.165, 1.54) is 24.1 Å². The first kappa shape index (κ1) is 13.1. The van der Waals surface area contributed by atoms with E-state index in [9.17, 15) is 13.6 Å². The molecule has 0 radical (unpaired) electrons. The van der Waals surface area contributed by atoms with Crippen molar-refractivity contribution in [3.05, 3.63) is 41.7 Å². The Bertz CT molecular complexity index is 591. The molecule has 0 N–H and O–H groups in total. The van der Waals surface area contributed by atoms with E-state index in [1.54, 1.807) is 7.05 Å². The zero-order valence-corrected chi connectivity index (χ0v) is 10.5. The number of aromatic nitrogens is 3. The van der Waals surface area contributed by atoms with E-state index in [0.29, 0.717) is 5.69 Å². The third-order valence-electron chi connectivity index (χ3n) is 2.64. The molecule has 0 bridgehead atoms. The molecule has 0 atom stereocenters. The van der Waals surface area contributed by atoms with E-state index in [1.807, 2.05) is 0 Å². The highest BCUT2D eigenvalue weighted by Gasteiger charge is 2.14. The molecule has 0 aliphatic rings. The number of halogens is 2. The molecule has 1 amide bonds. The molecule has 100 valence electrons. The second-order valence-corrected chi connectivity index (χ2v) is 4.10. The van der Waals surface area contributed by atoms with Crippen molar-refractivity contribution in [1.29, 1.82) is 0 Å². The Balaban J connectivity index is 2.29. The van der Waals surface area contributed by atoms with Gasteiger partial charge in [0.1, 0.15) is 11.4 Å². The van der Waals surface area contributed by atoms with Gasteiger partial charge in [0.15, 0.2) is 11.6 Å². The predicted molar refractivity (Wildman–Crippen MR) is 63.4 cm³/mol. The van der Waals surface area contributed by atoms with Gasteiger partial charge in [-0.25, -0.2) is 13.5 Å². The van der Waals surface area contributed by atoms with Crippen molar-refractivity contribution >= 4 is 5.91 Å². The highest BCUT2D eigenvalue weighted by Crippen LogP contribution is 2.16. The molecule has 1 aromatic carbocycles. The van der Waals surface area contributed by atoms with E-state index in [2.05, 4.69) is 10.3 Å². The lowest BCUT2D eigenvalue weighted by Gasteiger charge is -2.11. The SMILES string of the molecule is CC(=O)N(C)Cc1cn(-c2c(F)cccc2F)nn1. The number of carbonyl (C=O) groups excluding carboxylic acids is 1. The molecule has 2 aromatic rings. The molecule has 0 fully saturated rings. The van der Waals surface area contributed by atoms with E-state index >= 15 is 0 Å². The Labute approximate surface area is 108 Å². The standard InChI is InChI=1S/C12H12F2N4O/c1-8(19)17(2)6-9-7-18(16-15-9)12-10(13)4-3-5-11(12)14/h3-5,7H,6H2,1-2H3. The van der Waals surface area contributed by atoms with Crippen LogP contribution in [-0.2, 0) is 11.3 Å². The lowest BCUT2D eigenvalue weighted by molar-refractivity contribution is -0.128. The van der Waals surface area contributed by atoms with Crippen LogP contribution in [0.4, 0.5) is 8.78 Å². The van der Waals surface area contributed by atoms with Gasteiger partial charge in [-0.2, -0.15) is 0 Å². The Kier molecular flexibility index (Phi) is 3.55. The Morgan fingerprint density at radius 2 is 2.00 bits per heavy atom. The maximum atomic E-state index is 13.5. The van der Waals surface area contributed by atoms with Gasteiger partial charge in [-0.05, 0) is 12.1 Å². The summed E-state index contributed by atoms with van der Waals surface area (Å²) in [5, 5.41) is 7.45. The number of carbonyl (C=O) groups is 1. The van der Waals surface area contributed by atoms with Gasteiger partial charge in [-0.1, -0.05) is 11.3 Å². The van der Waals surface area contributed by atoms with Crippen molar-refractivity contribution in [2.75, 3.05) is 7.05 Å². The summed E-state index contributed by atoms with van der Waals surface area (Å²) in [7, 11) is 1.60. The normalized spacial score (nSPS) is 10.5. The van der Waals surface area contributed by atoms with Crippen LogP contribution in [0.25, 0.3) is 5.69 Å². The van der Waals surface area contributed by atoms with Gasteiger partial charge in [0.2, 0.25) is 5.91 Å². The van der Waals surface area contributed by atoms with Crippen molar-refractivity contribution in [1.82, 2.24) is 19.9 Å². The number of benzene rings is 1. The Morgan fingerprint density at radius 1 is 1.37 bits per heavy atom. The summed E-state index contributed by atoms with van der Waals surface area (Å²) in [5.74, 6) is -1.58. The van der Waals surface area contributed by atoms with Crippen LogP contribution in [0.5, 0.6) is 0 Å². The van der Waals surface area contributed by atoms with Crippen molar-refractivity contribution in [3.8, 4) is 5.69 Å². The molecule has 1 heterocycles. The van der Waals surface area contributed by atoms with Crippen molar-refractivity contribution in [2.24, 2.45) is 0 Å². The fourth-order valence-electron chi connectivity index (χ4n) is 1.54. The number of hydrogen-bond acceptors (Lipinski definition) is 3. The lowest BCUT2D eigenvalue weighted by Crippen LogP contribution is -2.23. The molecule has 5 nitrogen and oxygen atoms in total. The van der Waals surface area contributed by atoms with Gasteiger partial charge in [-0.3, -0.25) is 4.79 Å². The molecule has 7 heteroatoms. The summed E-state index contributed by atoms with van der Waals surface area (Å²) in [6.07, 6.45) is 1.39. The van der Waals surface area contributed by atoms with Gasteiger partial charge in [0.25, 0.3) is 0 Å². The average molecular weight is 266 g/mol. The molecular weight excluding hydrogens is 254 g/mol. The highest BCUT2D eigenvalue weighted by atomic mass is 19.1. The minimum absolute atomic E-state index is 0.133. The third-order valence-corrected chi connectivity index (χ3v) is 2.64. The first-order chi connectivity index (χ1) is 8.99. The smallest absolute Gasteiger partial charge is 0.219 e. The van der Waals surface area contributed by atoms with Crippen LogP contribution in [0.3, 0.4) is 0 Å². The molecule has 1 aromatic heterocycles. The van der Waals surface area contributed by atoms with Crippen LogP contribution in [0, 0.1) is 11.6 Å². The van der Waals surface area contributed by atoms with Crippen LogP contribution < -0.4 is 0 Å². The first-order valence-electron chi connectivity index (χ1n) is 5.56. The zero-order chi connectivity index (χ0) is 14.0. The summed E-state index contributed by atoms with van der Waals surface area (Å²) in [6.45, 7) is 1.65. The van der Waals surface area contributed by atoms with Gasteiger partial charge in [-0.15, -0.1) is 5.10 Å². The molecule has 0 saturated heterocycles. The molecule has 0 unspecified atom stereocenters.